The van der Waals surface area contributed by atoms with Crippen LogP contribution in [0.2, 0.25) is 0 Å². The molecule has 0 saturated heterocycles. The van der Waals surface area contributed by atoms with Crippen LogP contribution in [-0.4, -0.2) is 10.7 Å². The maximum Gasteiger partial charge on any atom is 0.0863 e. The van der Waals surface area contributed by atoms with E-state index in [-0.39, 0.29) is 5.41 Å². The molecular weight excluding hydrogens is 246 g/mol. The van der Waals surface area contributed by atoms with E-state index in [1.54, 1.807) is 0 Å². The van der Waals surface area contributed by atoms with Crippen LogP contribution in [0, 0.1) is 34.0 Å². The average Bonchev–Trinajstić information content (AvgIpc) is 2.35. The Bertz CT molecular complexity index is 397. The number of aliphatic hydroxyl groups is 1. The van der Waals surface area contributed by atoms with E-state index in [9.17, 15) is 10.4 Å². The van der Waals surface area contributed by atoms with Gasteiger partial charge in [-0.05, 0) is 49.4 Å². The van der Waals surface area contributed by atoms with Crippen molar-refractivity contribution in [2.45, 2.75) is 84.7 Å². The van der Waals surface area contributed by atoms with Crippen LogP contribution in [0.4, 0.5) is 0 Å². The molecule has 0 aromatic heterocycles. The first-order valence-corrected chi connectivity index (χ1v) is 8.39. The SMILES string of the molecule is CCC1CCCC(C#N)(C2(O)CC(C)CC(C)(C)C2)C1. The second kappa shape index (κ2) is 5.34. The van der Waals surface area contributed by atoms with E-state index in [2.05, 4.69) is 33.8 Å². The minimum absolute atomic E-state index is 0.148. The van der Waals surface area contributed by atoms with Crippen LogP contribution in [0.5, 0.6) is 0 Å². The van der Waals surface area contributed by atoms with E-state index in [1.807, 2.05) is 0 Å². The highest BCUT2D eigenvalue weighted by Gasteiger charge is 2.56. The molecule has 2 aliphatic rings. The molecule has 2 fully saturated rings. The fourth-order valence-corrected chi connectivity index (χ4v) is 5.26. The topological polar surface area (TPSA) is 44.0 Å². The second-order valence-corrected chi connectivity index (χ2v) is 8.45. The maximum absolute atomic E-state index is 11.4. The summed E-state index contributed by atoms with van der Waals surface area (Å²) in [5.41, 5.74) is -1.13. The fourth-order valence-electron chi connectivity index (χ4n) is 5.26. The number of rotatable bonds is 2. The van der Waals surface area contributed by atoms with Gasteiger partial charge in [-0.15, -0.1) is 0 Å². The summed E-state index contributed by atoms with van der Waals surface area (Å²) in [5, 5.41) is 21.4. The summed E-state index contributed by atoms with van der Waals surface area (Å²) in [6, 6.07) is 2.60. The largest absolute Gasteiger partial charge is 0.388 e. The van der Waals surface area contributed by atoms with Crippen molar-refractivity contribution in [3.05, 3.63) is 0 Å². The molecule has 0 radical (unpaired) electrons. The van der Waals surface area contributed by atoms with Crippen molar-refractivity contribution in [3.63, 3.8) is 0 Å². The van der Waals surface area contributed by atoms with Gasteiger partial charge in [-0.3, -0.25) is 0 Å². The lowest BCUT2D eigenvalue weighted by Crippen LogP contribution is -2.55. The summed E-state index contributed by atoms with van der Waals surface area (Å²) >= 11 is 0. The van der Waals surface area contributed by atoms with Crippen molar-refractivity contribution in [1.82, 2.24) is 0 Å². The smallest absolute Gasteiger partial charge is 0.0863 e. The van der Waals surface area contributed by atoms with E-state index in [0.29, 0.717) is 11.8 Å². The third-order valence-electron chi connectivity index (χ3n) is 5.89. The summed E-state index contributed by atoms with van der Waals surface area (Å²) in [6.45, 7) is 8.95. The molecule has 0 aromatic rings. The van der Waals surface area contributed by atoms with E-state index < -0.39 is 11.0 Å². The number of hydrogen-bond acceptors (Lipinski definition) is 2. The molecule has 2 nitrogen and oxygen atoms in total. The molecule has 2 heteroatoms. The molecule has 0 spiro atoms. The molecule has 0 bridgehead atoms. The Kier molecular flexibility index (Phi) is 4.22. The van der Waals surface area contributed by atoms with Crippen molar-refractivity contribution in [2.24, 2.45) is 22.7 Å². The predicted molar refractivity (Wildman–Crippen MR) is 82.0 cm³/mol. The Labute approximate surface area is 124 Å². The molecule has 0 amide bonds. The van der Waals surface area contributed by atoms with Gasteiger partial charge in [0, 0.05) is 0 Å². The fraction of sp³-hybridized carbons (Fsp3) is 0.944. The summed E-state index contributed by atoms with van der Waals surface area (Å²) in [4.78, 5) is 0. The van der Waals surface area contributed by atoms with E-state index in [0.717, 1.165) is 44.9 Å². The molecule has 0 aliphatic heterocycles. The Balaban J connectivity index is 2.32. The molecule has 2 aliphatic carbocycles. The van der Waals surface area contributed by atoms with Crippen LogP contribution in [0.1, 0.15) is 79.1 Å². The quantitative estimate of drug-likeness (QED) is 0.797. The summed E-state index contributed by atoms with van der Waals surface area (Å²) in [5.74, 6) is 1.13. The van der Waals surface area contributed by atoms with Crippen molar-refractivity contribution in [1.29, 1.82) is 5.26 Å². The first-order chi connectivity index (χ1) is 9.26. The van der Waals surface area contributed by atoms with Gasteiger partial charge in [0.05, 0.1) is 17.1 Å². The van der Waals surface area contributed by atoms with Crippen LogP contribution >= 0.6 is 0 Å². The second-order valence-electron chi connectivity index (χ2n) is 8.45. The zero-order valence-electron chi connectivity index (χ0n) is 13.7. The van der Waals surface area contributed by atoms with Crippen LogP contribution in [0.3, 0.4) is 0 Å². The van der Waals surface area contributed by atoms with Gasteiger partial charge >= 0.3 is 0 Å². The lowest BCUT2D eigenvalue weighted by Gasteiger charge is -2.54. The van der Waals surface area contributed by atoms with Crippen molar-refractivity contribution in [3.8, 4) is 6.07 Å². The molecular formula is C18H31NO. The van der Waals surface area contributed by atoms with Crippen molar-refractivity contribution in [2.75, 3.05) is 0 Å². The van der Waals surface area contributed by atoms with Gasteiger partial charge in [0.1, 0.15) is 0 Å². The summed E-state index contributed by atoms with van der Waals surface area (Å²) in [6.07, 6.45) is 8.01. The average molecular weight is 277 g/mol. The highest BCUT2D eigenvalue weighted by molar-refractivity contribution is 5.16. The van der Waals surface area contributed by atoms with E-state index >= 15 is 0 Å². The van der Waals surface area contributed by atoms with Crippen molar-refractivity contribution >= 4 is 0 Å². The monoisotopic (exact) mass is 277 g/mol. The minimum atomic E-state index is -0.781. The molecule has 0 heterocycles. The summed E-state index contributed by atoms with van der Waals surface area (Å²) in [7, 11) is 0. The van der Waals surface area contributed by atoms with Gasteiger partial charge in [0.25, 0.3) is 0 Å². The van der Waals surface area contributed by atoms with E-state index in [1.165, 1.54) is 6.42 Å². The zero-order valence-corrected chi connectivity index (χ0v) is 13.7. The number of nitriles is 1. The molecule has 114 valence electrons. The summed E-state index contributed by atoms with van der Waals surface area (Å²) < 4.78 is 0. The molecule has 0 aromatic carbocycles. The van der Waals surface area contributed by atoms with Crippen LogP contribution < -0.4 is 0 Å². The normalized spacial score (nSPS) is 44.8. The van der Waals surface area contributed by atoms with Gasteiger partial charge in [0.2, 0.25) is 0 Å². The lowest BCUT2D eigenvalue weighted by molar-refractivity contribution is -0.142. The lowest BCUT2D eigenvalue weighted by atomic mass is 9.52. The van der Waals surface area contributed by atoms with Gasteiger partial charge in [-0.2, -0.15) is 5.26 Å². The highest BCUT2D eigenvalue weighted by atomic mass is 16.3. The standard InChI is InChI=1S/C18H31NO/c1-5-15-7-6-8-17(11-15,13-19)18(20)10-14(2)9-16(3,4)12-18/h14-15,20H,5-12H2,1-4H3. The molecule has 4 unspecified atom stereocenters. The highest BCUT2D eigenvalue weighted by Crippen LogP contribution is 2.56. The zero-order chi connectivity index (χ0) is 15.0. The molecule has 2 rings (SSSR count). The number of nitrogens with zero attached hydrogens (tertiary/aromatic N) is 1. The minimum Gasteiger partial charge on any atom is -0.388 e. The Morgan fingerprint density at radius 2 is 1.95 bits per heavy atom. The Hall–Kier alpha value is -0.550. The third kappa shape index (κ3) is 2.75. The first-order valence-electron chi connectivity index (χ1n) is 8.39. The molecule has 20 heavy (non-hydrogen) atoms. The number of hydrogen-bond donors (Lipinski definition) is 1. The van der Waals surface area contributed by atoms with Gasteiger partial charge in [-0.25, -0.2) is 0 Å². The van der Waals surface area contributed by atoms with Gasteiger partial charge in [-0.1, -0.05) is 47.0 Å². The van der Waals surface area contributed by atoms with Crippen LogP contribution in [-0.2, 0) is 0 Å². The molecule has 2 saturated carbocycles. The Morgan fingerprint density at radius 3 is 2.50 bits per heavy atom. The van der Waals surface area contributed by atoms with Crippen LogP contribution in [0.15, 0.2) is 0 Å². The first kappa shape index (κ1) is 15.8. The van der Waals surface area contributed by atoms with Crippen LogP contribution in [0.25, 0.3) is 0 Å². The predicted octanol–water partition coefficient (Wildman–Crippen LogP) is 4.67. The third-order valence-corrected chi connectivity index (χ3v) is 5.89. The molecule has 1 N–H and O–H groups in total. The molecule has 4 atom stereocenters. The van der Waals surface area contributed by atoms with Gasteiger partial charge < -0.3 is 5.11 Å². The van der Waals surface area contributed by atoms with Gasteiger partial charge in [0.15, 0.2) is 0 Å². The van der Waals surface area contributed by atoms with E-state index in [4.69, 9.17) is 0 Å². The van der Waals surface area contributed by atoms with Crippen molar-refractivity contribution < 1.29 is 5.11 Å². The Morgan fingerprint density at radius 1 is 1.25 bits per heavy atom. The maximum atomic E-state index is 11.4.